The fourth-order valence-electron chi connectivity index (χ4n) is 2.92. The van der Waals surface area contributed by atoms with Gasteiger partial charge < -0.3 is 20.1 Å². The summed E-state index contributed by atoms with van der Waals surface area (Å²) in [6.45, 7) is 0.476. The fraction of sp³-hybridized carbons (Fsp3) is 0.333. The molecule has 0 saturated heterocycles. The van der Waals surface area contributed by atoms with Gasteiger partial charge in [0.05, 0.1) is 14.2 Å². The molecule has 0 heterocycles. The van der Waals surface area contributed by atoms with E-state index in [0.717, 1.165) is 11.3 Å². The van der Waals surface area contributed by atoms with Gasteiger partial charge >= 0.3 is 0 Å². The first-order chi connectivity index (χ1) is 13.1. The van der Waals surface area contributed by atoms with Crippen LogP contribution < -0.4 is 20.1 Å². The predicted molar refractivity (Wildman–Crippen MR) is 103 cm³/mol. The second-order valence-corrected chi connectivity index (χ2v) is 6.62. The summed E-state index contributed by atoms with van der Waals surface area (Å²) >= 11 is 0. The molecule has 6 nitrogen and oxygen atoms in total. The minimum absolute atomic E-state index is 0.212. The van der Waals surface area contributed by atoms with Crippen molar-refractivity contribution in [3.05, 3.63) is 54.1 Å². The lowest BCUT2D eigenvalue weighted by atomic mass is 10.0. The van der Waals surface area contributed by atoms with Crippen LogP contribution in [0.4, 0.5) is 5.69 Å². The number of methoxy groups -OCH3 is 2. The number of ether oxygens (including phenoxy) is 2. The fourth-order valence-corrected chi connectivity index (χ4v) is 2.92. The van der Waals surface area contributed by atoms with Gasteiger partial charge in [0.1, 0.15) is 16.9 Å². The number of hydrogen-bond donors (Lipinski definition) is 2. The third-order valence-corrected chi connectivity index (χ3v) is 4.80. The zero-order chi connectivity index (χ0) is 19.3. The van der Waals surface area contributed by atoms with Gasteiger partial charge in [-0.05, 0) is 61.2 Å². The smallest absolute Gasteiger partial charge is 0.240 e. The first kappa shape index (κ1) is 18.8. The molecule has 0 bridgehead atoms. The maximum atomic E-state index is 12.6. The minimum Gasteiger partial charge on any atom is -0.497 e. The van der Waals surface area contributed by atoms with Crippen LogP contribution in [0.3, 0.4) is 0 Å². The maximum Gasteiger partial charge on any atom is 0.240 e. The zero-order valence-corrected chi connectivity index (χ0v) is 15.6. The molecule has 27 heavy (non-hydrogen) atoms. The molecular formula is C21H24N2O4. The van der Waals surface area contributed by atoms with Gasteiger partial charge in [-0.25, -0.2) is 0 Å². The molecular weight excluding hydrogens is 344 g/mol. The second-order valence-electron chi connectivity index (χ2n) is 6.62. The number of benzene rings is 2. The van der Waals surface area contributed by atoms with E-state index < -0.39 is 5.41 Å². The summed E-state index contributed by atoms with van der Waals surface area (Å²) in [5, 5.41) is 5.72. The average Bonchev–Trinajstić information content (AvgIpc) is 3.51. The van der Waals surface area contributed by atoms with Crippen LogP contribution in [0.15, 0.2) is 48.5 Å². The van der Waals surface area contributed by atoms with Gasteiger partial charge in [0, 0.05) is 12.2 Å². The quantitative estimate of drug-likeness (QED) is 0.703. The molecule has 2 N–H and O–H groups in total. The third kappa shape index (κ3) is 4.39. The van der Waals surface area contributed by atoms with Crippen LogP contribution in [0.5, 0.6) is 11.5 Å². The van der Waals surface area contributed by atoms with Crippen molar-refractivity contribution < 1.29 is 19.1 Å². The largest absolute Gasteiger partial charge is 0.497 e. The first-order valence-electron chi connectivity index (χ1n) is 8.94. The third-order valence-electron chi connectivity index (χ3n) is 4.80. The molecule has 1 aliphatic rings. The molecule has 1 aliphatic carbocycles. The number of hydrogen-bond acceptors (Lipinski definition) is 4. The van der Waals surface area contributed by atoms with Crippen molar-refractivity contribution in [3.8, 4) is 11.5 Å². The first-order valence-corrected chi connectivity index (χ1v) is 8.94. The molecule has 2 amide bonds. The van der Waals surface area contributed by atoms with E-state index in [1.165, 1.54) is 0 Å². The summed E-state index contributed by atoms with van der Waals surface area (Å²) in [6, 6.07) is 14.8. The highest BCUT2D eigenvalue weighted by Gasteiger charge is 2.56. The van der Waals surface area contributed by atoms with E-state index in [9.17, 15) is 9.59 Å². The van der Waals surface area contributed by atoms with E-state index in [1.807, 2.05) is 24.3 Å². The lowest BCUT2D eigenvalue weighted by Crippen LogP contribution is -2.40. The van der Waals surface area contributed by atoms with Crippen LogP contribution >= 0.6 is 0 Å². The standard InChI is InChI=1S/C21H24N2O4/c1-26-17-8-6-16(7-9-17)23-20(25)21(11-12-21)19(24)22-13-10-15-4-3-5-18(14-15)27-2/h3-9,14H,10-13H2,1-2H3,(H,22,24)(H,23,25). The molecule has 2 aromatic carbocycles. The summed E-state index contributed by atoms with van der Waals surface area (Å²) < 4.78 is 10.3. The molecule has 3 rings (SSSR count). The van der Waals surface area contributed by atoms with E-state index in [4.69, 9.17) is 9.47 Å². The lowest BCUT2D eigenvalue weighted by molar-refractivity contribution is -0.134. The second kappa shape index (κ2) is 8.12. The van der Waals surface area contributed by atoms with Gasteiger partial charge in [0.2, 0.25) is 11.8 Å². The Morgan fingerprint density at radius 2 is 1.67 bits per heavy atom. The van der Waals surface area contributed by atoms with Gasteiger partial charge in [-0.15, -0.1) is 0 Å². The SMILES string of the molecule is COc1ccc(NC(=O)C2(C(=O)NCCc3cccc(OC)c3)CC2)cc1. The number of amides is 2. The van der Waals surface area contributed by atoms with Crippen molar-refractivity contribution >= 4 is 17.5 Å². The summed E-state index contributed by atoms with van der Waals surface area (Å²) in [5.41, 5.74) is 0.771. The molecule has 2 aromatic rings. The Morgan fingerprint density at radius 3 is 2.30 bits per heavy atom. The topological polar surface area (TPSA) is 76.7 Å². The summed E-state index contributed by atoms with van der Waals surface area (Å²) in [4.78, 5) is 25.1. The number of anilines is 1. The van der Waals surface area contributed by atoms with E-state index in [0.29, 0.717) is 37.2 Å². The lowest BCUT2D eigenvalue weighted by Gasteiger charge is -2.16. The van der Waals surface area contributed by atoms with Crippen molar-refractivity contribution in [1.82, 2.24) is 5.32 Å². The van der Waals surface area contributed by atoms with Gasteiger partial charge in [-0.1, -0.05) is 12.1 Å². The van der Waals surface area contributed by atoms with Gasteiger partial charge in [0.15, 0.2) is 0 Å². The average molecular weight is 368 g/mol. The number of nitrogens with one attached hydrogen (secondary N) is 2. The number of carbonyl (C=O) groups is 2. The van der Waals surface area contributed by atoms with Crippen molar-refractivity contribution in [2.75, 3.05) is 26.1 Å². The van der Waals surface area contributed by atoms with Crippen molar-refractivity contribution in [2.45, 2.75) is 19.3 Å². The summed E-state index contributed by atoms with van der Waals surface area (Å²) in [6.07, 6.45) is 1.82. The van der Waals surface area contributed by atoms with Gasteiger partial charge in [-0.3, -0.25) is 9.59 Å². The Kier molecular flexibility index (Phi) is 5.64. The molecule has 142 valence electrons. The van der Waals surface area contributed by atoms with Crippen LogP contribution in [-0.2, 0) is 16.0 Å². The Hall–Kier alpha value is -3.02. The number of rotatable bonds is 8. The maximum absolute atomic E-state index is 12.6. The van der Waals surface area contributed by atoms with Crippen LogP contribution in [0.1, 0.15) is 18.4 Å². The van der Waals surface area contributed by atoms with Crippen LogP contribution in [0.25, 0.3) is 0 Å². The van der Waals surface area contributed by atoms with E-state index in [2.05, 4.69) is 10.6 Å². The monoisotopic (exact) mass is 368 g/mol. The predicted octanol–water partition coefficient (Wildman–Crippen LogP) is 2.78. The van der Waals surface area contributed by atoms with Crippen LogP contribution in [0, 0.1) is 5.41 Å². The Labute approximate surface area is 158 Å². The van der Waals surface area contributed by atoms with E-state index in [1.54, 1.807) is 38.5 Å². The Bertz CT molecular complexity index is 813. The molecule has 0 unspecified atom stereocenters. The molecule has 1 fully saturated rings. The minimum atomic E-state index is -0.950. The highest BCUT2D eigenvalue weighted by atomic mass is 16.5. The Balaban J connectivity index is 1.52. The van der Waals surface area contributed by atoms with Gasteiger partial charge in [-0.2, -0.15) is 0 Å². The molecule has 0 atom stereocenters. The van der Waals surface area contributed by atoms with Crippen LogP contribution in [-0.4, -0.2) is 32.6 Å². The molecule has 1 saturated carbocycles. The molecule has 0 spiro atoms. The summed E-state index contributed by atoms with van der Waals surface area (Å²) in [7, 11) is 3.21. The highest BCUT2D eigenvalue weighted by molar-refractivity contribution is 6.13. The normalized spacial score (nSPS) is 14.1. The van der Waals surface area contributed by atoms with Crippen molar-refractivity contribution in [1.29, 1.82) is 0 Å². The zero-order valence-electron chi connectivity index (χ0n) is 15.6. The highest BCUT2D eigenvalue weighted by Crippen LogP contribution is 2.46. The van der Waals surface area contributed by atoms with E-state index >= 15 is 0 Å². The molecule has 0 aromatic heterocycles. The Morgan fingerprint density at radius 1 is 0.963 bits per heavy atom. The molecule has 0 aliphatic heterocycles. The molecule has 6 heteroatoms. The van der Waals surface area contributed by atoms with Crippen molar-refractivity contribution in [3.63, 3.8) is 0 Å². The van der Waals surface area contributed by atoms with Gasteiger partial charge in [0.25, 0.3) is 0 Å². The van der Waals surface area contributed by atoms with E-state index in [-0.39, 0.29) is 11.8 Å². The number of carbonyl (C=O) groups excluding carboxylic acids is 2. The molecule has 0 radical (unpaired) electrons. The summed E-state index contributed by atoms with van der Waals surface area (Å²) in [5.74, 6) is 1.03. The van der Waals surface area contributed by atoms with Crippen LogP contribution in [0.2, 0.25) is 0 Å². The van der Waals surface area contributed by atoms with Crippen molar-refractivity contribution in [2.24, 2.45) is 5.41 Å².